The number of carboxylic acids is 1. The third-order valence-electron chi connectivity index (χ3n) is 3.18. The van der Waals surface area contributed by atoms with Crippen LogP contribution in [0.1, 0.15) is 18.3 Å². The number of carbonyl (C=O) groups is 1. The van der Waals surface area contributed by atoms with Crippen LogP contribution in [-0.4, -0.2) is 34.1 Å². The molecule has 5 heteroatoms. The molecule has 92 valence electrons. The summed E-state index contributed by atoms with van der Waals surface area (Å²) >= 11 is 0. The molecule has 17 heavy (non-hydrogen) atoms. The number of aliphatic carboxylic acids is 1. The van der Waals surface area contributed by atoms with Crippen LogP contribution in [0.25, 0.3) is 0 Å². The summed E-state index contributed by atoms with van der Waals surface area (Å²) in [5, 5.41) is 9.09. The molecule has 0 aliphatic carbocycles. The van der Waals surface area contributed by atoms with Gasteiger partial charge in [-0.2, -0.15) is 0 Å². The maximum Gasteiger partial charge on any atom is 0.308 e. The van der Waals surface area contributed by atoms with Crippen LogP contribution in [-0.2, 0) is 4.79 Å². The van der Waals surface area contributed by atoms with Crippen molar-refractivity contribution in [2.24, 2.45) is 11.8 Å². The molecule has 0 spiro atoms. The molecule has 5 nitrogen and oxygen atoms in total. The van der Waals surface area contributed by atoms with Gasteiger partial charge in [-0.1, -0.05) is 6.92 Å². The summed E-state index contributed by atoms with van der Waals surface area (Å²) in [4.78, 5) is 21.7. The Morgan fingerprint density at radius 1 is 1.35 bits per heavy atom. The second-order valence-corrected chi connectivity index (χ2v) is 4.78. The first-order valence-electron chi connectivity index (χ1n) is 5.77. The van der Waals surface area contributed by atoms with Gasteiger partial charge >= 0.3 is 5.97 Å². The molecule has 2 unspecified atom stereocenters. The molecule has 0 amide bonds. The zero-order chi connectivity index (χ0) is 12.6. The van der Waals surface area contributed by atoms with Crippen molar-refractivity contribution in [3.05, 3.63) is 17.5 Å². The minimum absolute atomic E-state index is 0.136. The Labute approximate surface area is 100 Å². The number of nitrogens with zero attached hydrogens (tertiary/aromatic N) is 3. The Bertz CT molecular complexity index is 427. The van der Waals surface area contributed by atoms with Gasteiger partial charge in [-0.3, -0.25) is 4.79 Å². The number of hydrogen-bond acceptors (Lipinski definition) is 4. The predicted octanol–water partition coefficient (Wildman–Crippen LogP) is 1.25. The lowest BCUT2D eigenvalue weighted by Crippen LogP contribution is -2.24. The van der Waals surface area contributed by atoms with E-state index in [9.17, 15) is 4.79 Å². The Morgan fingerprint density at radius 3 is 2.41 bits per heavy atom. The quantitative estimate of drug-likeness (QED) is 0.835. The molecule has 1 N–H and O–H groups in total. The van der Waals surface area contributed by atoms with Crippen LogP contribution in [0.15, 0.2) is 6.07 Å². The smallest absolute Gasteiger partial charge is 0.308 e. The van der Waals surface area contributed by atoms with Crippen molar-refractivity contribution in [3.8, 4) is 0 Å². The number of carboxylic acid groups (broad SMARTS) is 1. The standard InChI is InChI=1S/C12H17N3O2/c1-7-5-15(6-10(7)11(16)17)12-13-8(2)4-9(3)14-12/h4,7,10H,5-6H2,1-3H3,(H,16,17). The maximum atomic E-state index is 11.1. The van der Waals surface area contributed by atoms with E-state index in [2.05, 4.69) is 9.97 Å². The maximum absolute atomic E-state index is 11.1. The highest BCUT2D eigenvalue weighted by atomic mass is 16.4. The van der Waals surface area contributed by atoms with E-state index < -0.39 is 5.97 Å². The molecule has 0 aromatic carbocycles. The average Bonchev–Trinajstić information content (AvgIpc) is 2.59. The van der Waals surface area contributed by atoms with Gasteiger partial charge in [0.2, 0.25) is 5.95 Å². The topological polar surface area (TPSA) is 66.3 Å². The Balaban J connectivity index is 2.22. The minimum Gasteiger partial charge on any atom is -0.481 e. The monoisotopic (exact) mass is 235 g/mol. The van der Waals surface area contributed by atoms with Gasteiger partial charge in [0, 0.05) is 24.5 Å². The fourth-order valence-electron chi connectivity index (χ4n) is 2.30. The summed E-state index contributed by atoms with van der Waals surface area (Å²) in [6, 6.07) is 1.91. The van der Waals surface area contributed by atoms with Crippen LogP contribution >= 0.6 is 0 Å². The Hall–Kier alpha value is -1.65. The van der Waals surface area contributed by atoms with E-state index in [-0.39, 0.29) is 11.8 Å². The van der Waals surface area contributed by atoms with Crippen molar-refractivity contribution in [2.45, 2.75) is 20.8 Å². The summed E-state index contributed by atoms with van der Waals surface area (Å²) in [7, 11) is 0. The van der Waals surface area contributed by atoms with E-state index in [1.807, 2.05) is 31.7 Å². The molecule has 2 heterocycles. The van der Waals surface area contributed by atoms with Crippen LogP contribution < -0.4 is 4.90 Å². The van der Waals surface area contributed by atoms with Crippen LogP contribution in [0, 0.1) is 25.7 Å². The van der Waals surface area contributed by atoms with E-state index in [0.29, 0.717) is 19.0 Å². The molecule has 0 saturated carbocycles. The first kappa shape index (κ1) is 11.8. The molecule has 2 rings (SSSR count). The number of hydrogen-bond donors (Lipinski definition) is 1. The third kappa shape index (κ3) is 2.38. The molecular weight excluding hydrogens is 218 g/mol. The lowest BCUT2D eigenvalue weighted by molar-refractivity contribution is -0.142. The van der Waals surface area contributed by atoms with Crippen molar-refractivity contribution >= 4 is 11.9 Å². The van der Waals surface area contributed by atoms with Crippen LogP contribution in [0.3, 0.4) is 0 Å². The molecule has 1 aromatic rings. The predicted molar refractivity (Wildman–Crippen MR) is 64.0 cm³/mol. The highest BCUT2D eigenvalue weighted by Crippen LogP contribution is 2.26. The first-order valence-corrected chi connectivity index (χ1v) is 5.77. The molecule has 1 aliphatic rings. The average molecular weight is 235 g/mol. The lowest BCUT2D eigenvalue weighted by atomic mass is 9.99. The number of rotatable bonds is 2. The van der Waals surface area contributed by atoms with Gasteiger partial charge < -0.3 is 10.0 Å². The largest absolute Gasteiger partial charge is 0.481 e. The molecule has 1 aromatic heterocycles. The normalized spacial score (nSPS) is 24.1. The Morgan fingerprint density at radius 2 is 1.94 bits per heavy atom. The number of aryl methyl sites for hydroxylation is 2. The van der Waals surface area contributed by atoms with Crippen molar-refractivity contribution in [1.82, 2.24) is 9.97 Å². The molecule has 0 radical (unpaired) electrons. The van der Waals surface area contributed by atoms with E-state index >= 15 is 0 Å². The van der Waals surface area contributed by atoms with Crippen LogP contribution in [0.2, 0.25) is 0 Å². The van der Waals surface area contributed by atoms with Gasteiger partial charge in [0.25, 0.3) is 0 Å². The van der Waals surface area contributed by atoms with Crippen molar-refractivity contribution in [3.63, 3.8) is 0 Å². The molecular formula is C12H17N3O2. The number of aromatic nitrogens is 2. The number of anilines is 1. The second-order valence-electron chi connectivity index (χ2n) is 4.78. The van der Waals surface area contributed by atoms with Gasteiger partial charge in [0.15, 0.2) is 0 Å². The van der Waals surface area contributed by atoms with Gasteiger partial charge in [-0.15, -0.1) is 0 Å². The second kappa shape index (κ2) is 4.31. The molecule has 1 saturated heterocycles. The fourth-order valence-corrected chi connectivity index (χ4v) is 2.30. The van der Waals surface area contributed by atoms with Gasteiger partial charge in [0.05, 0.1) is 5.92 Å². The molecule has 0 bridgehead atoms. The summed E-state index contributed by atoms with van der Waals surface area (Å²) in [6.07, 6.45) is 0. The van der Waals surface area contributed by atoms with Crippen LogP contribution in [0.5, 0.6) is 0 Å². The first-order chi connectivity index (χ1) is 7.97. The fraction of sp³-hybridized carbons (Fsp3) is 0.583. The van der Waals surface area contributed by atoms with Gasteiger partial charge in [-0.05, 0) is 25.8 Å². The van der Waals surface area contributed by atoms with E-state index in [4.69, 9.17) is 5.11 Å². The van der Waals surface area contributed by atoms with E-state index in [1.165, 1.54) is 0 Å². The summed E-state index contributed by atoms with van der Waals surface area (Å²) in [5.41, 5.74) is 1.83. The van der Waals surface area contributed by atoms with Crippen molar-refractivity contribution in [2.75, 3.05) is 18.0 Å². The zero-order valence-corrected chi connectivity index (χ0v) is 10.3. The summed E-state index contributed by atoms with van der Waals surface area (Å²) in [6.45, 7) is 7.01. The molecule has 2 atom stereocenters. The van der Waals surface area contributed by atoms with Gasteiger partial charge in [-0.25, -0.2) is 9.97 Å². The minimum atomic E-state index is -0.732. The van der Waals surface area contributed by atoms with E-state index in [1.54, 1.807) is 0 Å². The summed E-state index contributed by atoms with van der Waals surface area (Å²) < 4.78 is 0. The van der Waals surface area contributed by atoms with Gasteiger partial charge in [0.1, 0.15) is 0 Å². The third-order valence-corrected chi connectivity index (χ3v) is 3.18. The van der Waals surface area contributed by atoms with E-state index in [0.717, 1.165) is 11.4 Å². The lowest BCUT2D eigenvalue weighted by Gasteiger charge is -2.16. The molecule has 1 aliphatic heterocycles. The molecule has 1 fully saturated rings. The highest BCUT2D eigenvalue weighted by molar-refractivity contribution is 5.72. The Kier molecular flexibility index (Phi) is 3.00. The zero-order valence-electron chi connectivity index (χ0n) is 10.3. The van der Waals surface area contributed by atoms with Crippen molar-refractivity contribution < 1.29 is 9.90 Å². The van der Waals surface area contributed by atoms with Crippen molar-refractivity contribution in [1.29, 1.82) is 0 Å². The highest BCUT2D eigenvalue weighted by Gasteiger charge is 2.35. The summed E-state index contributed by atoms with van der Waals surface area (Å²) in [5.74, 6) is -0.265. The SMILES string of the molecule is Cc1cc(C)nc(N2CC(C)C(C(=O)O)C2)n1. The van der Waals surface area contributed by atoms with Crippen LogP contribution in [0.4, 0.5) is 5.95 Å².